The lowest BCUT2D eigenvalue weighted by Gasteiger charge is -2.36. The Bertz CT molecular complexity index is 857. The minimum Gasteiger partial charge on any atom is -0.375 e. The molecule has 0 aliphatic carbocycles. The van der Waals surface area contributed by atoms with Crippen LogP contribution in [0.2, 0.25) is 0 Å². The largest absolute Gasteiger partial charge is 0.375 e. The number of likely N-dealkylation sites (N-methyl/N-ethyl adjacent to an activating group) is 1. The maximum atomic E-state index is 12.1. The number of para-hydroxylation sites is 1. The molecule has 2 heterocycles. The first kappa shape index (κ1) is 26.6. The lowest BCUT2D eigenvalue weighted by Crippen LogP contribution is -2.53. The smallest absolute Gasteiger partial charge is 0.243 e. The first-order valence-corrected chi connectivity index (χ1v) is 11.1. The Balaban J connectivity index is 0.00000385. The van der Waals surface area contributed by atoms with Gasteiger partial charge in [-0.3, -0.25) is 4.79 Å². The van der Waals surface area contributed by atoms with Crippen LogP contribution in [0.5, 0.6) is 0 Å². The van der Waals surface area contributed by atoms with Gasteiger partial charge in [-0.05, 0) is 24.6 Å². The number of aliphatic imine (C=N–C) groups is 1. The molecule has 0 atom stereocenters. The molecule has 180 valence electrons. The van der Waals surface area contributed by atoms with Crippen LogP contribution in [0.25, 0.3) is 0 Å². The van der Waals surface area contributed by atoms with Gasteiger partial charge in [-0.25, -0.2) is 15.0 Å². The fourth-order valence-corrected chi connectivity index (χ4v) is 3.45. The number of rotatable bonds is 8. The Hall–Kier alpha value is -2.63. The Labute approximate surface area is 213 Å². The zero-order valence-electron chi connectivity index (χ0n) is 19.7. The van der Waals surface area contributed by atoms with Crippen LogP contribution in [-0.2, 0) is 4.79 Å². The Kier molecular flexibility index (Phi) is 11.1. The maximum absolute atomic E-state index is 12.1. The number of benzene rings is 1. The molecule has 1 fully saturated rings. The monoisotopic (exact) mass is 566 g/mol. The second-order valence-corrected chi connectivity index (χ2v) is 7.99. The van der Waals surface area contributed by atoms with E-state index < -0.39 is 0 Å². The fraction of sp³-hybridized carbons (Fsp3) is 0.478. The van der Waals surface area contributed by atoms with E-state index in [1.165, 1.54) is 5.69 Å². The van der Waals surface area contributed by atoms with E-state index in [-0.39, 0.29) is 36.4 Å². The van der Waals surface area contributed by atoms with Gasteiger partial charge in [0, 0.05) is 78.5 Å². The van der Waals surface area contributed by atoms with E-state index in [0.717, 1.165) is 57.6 Å². The van der Waals surface area contributed by atoms with Gasteiger partial charge < -0.3 is 24.9 Å². The normalized spacial score (nSPS) is 13.8. The average molecular weight is 566 g/mol. The summed E-state index contributed by atoms with van der Waals surface area (Å²) in [6, 6.07) is 12.2. The van der Waals surface area contributed by atoms with Crippen molar-refractivity contribution in [2.75, 3.05) is 76.8 Å². The van der Waals surface area contributed by atoms with Gasteiger partial charge in [0.15, 0.2) is 5.96 Å². The molecular formula is C23H35IN8O. The Morgan fingerprint density at radius 2 is 1.70 bits per heavy atom. The van der Waals surface area contributed by atoms with E-state index in [4.69, 9.17) is 0 Å². The van der Waals surface area contributed by atoms with Crippen LogP contribution in [0.1, 0.15) is 6.42 Å². The summed E-state index contributed by atoms with van der Waals surface area (Å²) in [6.07, 6.45) is 4.49. The number of nitrogens with one attached hydrogen (secondary N) is 1. The van der Waals surface area contributed by atoms with Crippen LogP contribution >= 0.6 is 24.0 Å². The molecule has 33 heavy (non-hydrogen) atoms. The number of hydrogen-bond donors (Lipinski definition) is 1. The number of halogens is 1. The highest BCUT2D eigenvalue weighted by molar-refractivity contribution is 14.0. The molecule has 2 aromatic rings. The second-order valence-electron chi connectivity index (χ2n) is 7.99. The van der Waals surface area contributed by atoms with Crippen molar-refractivity contribution in [2.24, 2.45) is 4.99 Å². The number of aromatic nitrogens is 2. The van der Waals surface area contributed by atoms with Crippen molar-refractivity contribution < 1.29 is 4.79 Å². The highest BCUT2D eigenvalue weighted by Gasteiger charge is 2.21. The number of carbonyl (C=O) groups excluding carboxylic acids is 1. The molecular weight excluding hydrogens is 531 g/mol. The second kappa shape index (κ2) is 13.8. The van der Waals surface area contributed by atoms with Gasteiger partial charge in [0.25, 0.3) is 0 Å². The third-order valence-corrected chi connectivity index (χ3v) is 5.43. The van der Waals surface area contributed by atoms with Gasteiger partial charge in [-0.2, -0.15) is 0 Å². The molecule has 1 aromatic carbocycles. The van der Waals surface area contributed by atoms with Crippen molar-refractivity contribution in [3.05, 3.63) is 48.8 Å². The SMILES string of the molecule is CN(C)C(=O)CN=C(NCCCN(C)c1ccccc1)N1CCN(c2ncccn2)CC1.I. The molecule has 0 radical (unpaired) electrons. The summed E-state index contributed by atoms with van der Waals surface area (Å²) >= 11 is 0. The predicted molar refractivity (Wildman–Crippen MR) is 145 cm³/mol. The van der Waals surface area contributed by atoms with Crippen molar-refractivity contribution in [3.63, 3.8) is 0 Å². The molecule has 0 spiro atoms. The number of hydrogen-bond acceptors (Lipinski definition) is 6. The summed E-state index contributed by atoms with van der Waals surface area (Å²) < 4.78 is 0. The number of nitrogens with zero attached hydrogens (tertiary/aromatic N) is 7. The van der Waals surface area contributed by atoms with Crippen molar-refractivity contribution in [1.82, 2.24) is 25.1 Å². The first-order chi connectivity index (χ1) is 15.5. The molecule has 0 bridgehead atoms. The number of guanidine groups is 1. The number of carbonyl (C=O) groups is 1. The van der Waals surface area contributed by atoms with Crippen LogP contribution in [0.3, 0.4) is 0 Å². The van der Waals surface area contributed by atoms with Gasteiger partial charge in [0.05, 0.1) is 0 Å². The molecule has 1 aliphatic heterocycles. The quantitative estimate of drug-likeness (QED) is 0.226. The Morgan fingerprint density at radius 1 is 1.03 bits per heavy atom. The van der Waals surface area contributed by atoms with E-state index >= 15 is 0 Å². The number of piperazine rings is 1. The van der Waals surface area contributed by atoms with Gasteiger partial charge in [0.1, 0.15) is 6.54 Å². The molecule has 1 N–H and O–H groups in total. The average Bonchev–Trinajstić information content (AvgIpc) is 2.84. The number of anilines is 2. The van der Waals surface area contributed by atoms with Gasteiger partial charge in [0.2, 0.25) is 11.9 Å². The molecule has 0 saturated carbocycles. The third-order valence-electron chi connectivity index (χ3n) is 5.43. The zero-order valence-corrected chi connectivity index (χ0v) is 22.1. The van der Waals surface area contributed by atoms with Crippen molar-refractivity contribution in [1.29, 1.82) is 0 Å². The zero-order chi connectivity index (χ0) is 22.8. The molecule has 1 saturated heterocycles. The van der Waals surface area contributed by atoms with Gasteiger partial charge in [-0.1, -0.05) is 18.2 Å². The van der Waals surface area contributed by atoms with Gasteiger partial charge >= 0.3 is 0 Å². The predicted octanol–water partition coefficient (Wildman–Crippen LogP) is 1.78. The van der Waals surface area contributed by atoms with Crippen molar-refractivity contribution in [2.45, 2.75) is 6.42 Å². The summed E-state index contributed by atoms with van der Waals surface area (Å²) in [7, 11) is 5.61. The molecule has 1 aromatic heterocycles. The topological polar surface area (TPSA) is 80.2 Å². The summed E-state index contributed by atoms with van der Waals surface area (Å²) in [5.41, 5.74) is 1.21. The van der Waals surface area contributed by atoms with Gasteiger partial charge in [-0.15, -0.1) is 24.0 Å². The maximum Gasteiger partial charge on any atom is 0.243 e. The fourth-order valence-electron chi connectivity index (χ4n) is 3.45. The van der Waals surface area contributed by atoms with Crippen LogP contribution in [-0.4, -0.2) is 98.6 Å². The summed E-state index contributed by atoms with van der Waals surface area (Å²) in [4.78, 5) is 33.6. The number of amides is 1. The first-order valence-electron chi connectivity index (χ1n) is 11.1. The van der Waals surface area contributed by atoms with E-state index in [9.17, 15) is 4.79 Å². The molecule has 9 nitrogen and oxygen atoms in total. The van der Waals surface area contributed by atoms with E-state index in [1.807, 2.05) is 12.1 Å². The van der Waals surface area contributed by atoms with E-state index in [2.05, 4.69) is 66.3 Å². The van der Waals surface area contributed by atoms with E-state index in [1.54, 1.807) is 31.4 Å². The molecule has 1 aliphatic rings. The van der Waals surface area contributed by atoms with Crippen LogP contribution in [0, 0.1) is 0 Å². The minimum absolute atomic E-state index is 0. The van der Waals surface area contributed by atoms with Crippen molar-refractivity contribution >= 4 is 47.5 Å². The third kappa shape index (κ3) is 8.34. The van der Waals surface area contributed by atoms with Crippen LogP contribution < -0.4 is 15.1 Å². The highest BCUT2D eigenvalue weighted by atomic mass is 127. The summed E-state index contributed by atoms with van der Waals surface area (Å²) in [5.74, 6) is 1.53. The standard InChI is InChI=1S/C23H34N8O.HI/c1-28(2)21(32)19-27-23(26-13-8-14-29(3)20-9-5-4-6-10-20)31-17-15-30(16-18-31)22-24-11-7-12-25-22;/h4-7,9-12H,8,13-19H2,1-3H3,(H,26,27);1H. The molecule has 1 amide bonds. The van der Waals surface area contributed by atoms with E-state index in [0.29, 0.717) is 0 Å². The minimum atomic E-state index is -0.00978. The molecule has 0 unspecified atom stereocenters. The van der Waals surface area contributed by atoms with Crippen LogP contribution in [0.4, 0.5) is 11.6 Å². The highest BCUT2D eigenvalue weighted by Crippen LogP contribution is 2.11. The lowest BCUT2D eigenvalue weighted by atomic mass is 10.3. The summed E-state index contributed by atoms with van der Waals surface area (Å²) in [6.45, 7) is 5.07. The van der Waals surface area contributed by atoms with Crippen molar-refractivity contribution in [3.8, 4) is 0 Å². The lowest BCUT2D eigenvalue weighted by molar-refractivity contribution is -0.127. The van der Waals surface area contributed by atoms with Crippen LogP contribution in [0.15, 0.2) is 53.8 Å². The Morgan fingerprint density at radius 3 is 2.33 bits per heavy atom. The summed E-state index contributed by atoms with van der Waals surface area (Å²) in [5, 5.41) is 3.47. The molecule has 10 heteroatoms. The molecule has 3 rings (SSSR count).